The Morgan fingerprint density at radius 2 is 0.534 bits per heavy atom. The van der Waals surface area contributed by atoms with Gasteiger partial charge in [-0.2, -0.15) is 0 Å². The Hall–Kier alpha value is -2.37. The van der Waals surface area contributed by atoms with Gasteiger partial charge in [0.05, 0.1) is 0 Å². The predicted octanol–water partition coefficient (Wildman–Crippen LogP) is 22.0. The van der Waals surface area contributed by atoms with Crippen molar-refractivity contribution < 1.29 is 28.6 Å². The Balaban J connectivity index is 4.01. The van der Waals surface area contributed by atoms with Crippen LogP contribution in [-0.4, -0.2) is 37.2 Å². The molecule has 1 unspecified atom stereocenters. The standard InChI is InChI=1S/C67H124O6/c1-4-7-10-13-16-19-22-24-25-26-27-28-29-30-31-32-33-34-35-36-37-38-39-40-41-42-44-45-48-51-54-57-60-66(69)72-63-64(62-71-65(68)59-56-53-50-47-21-18-15-12-9-6-3)73-67(70)61-58-55-52-49-46-43-23-20-17-14-11-8-5-2/h8,11,17,20,43,46,64H,4-7,9-10,12-16,18-19,21-42,44-45,47-63H2,1-3H3/b11-8-,20-17-,46-43-. The molecule has 0 aliphatic rings. The molecule has 0 radical (unpaired) electrons. The molecular weight excluding hydrogens is 901 g/mol. The van der Waals surface area contributed by atoms with Crippen LogP contribution in [0.15, 0.2) is 36.5 Å². The van der Waals surface area contributed by atoms with Crippen molar-refractivity contribution in [2.75, 3.05) is 13.2 Å². The third-order valence-corrected chi connectivity index (χ3v) is 14.7. The summed E-state index contributed by atoms with van der Waals surface area (Å²) in [6, 6.07) is 0. The van der Waals surface area contributed by atoms with Gasteiger partial charge < -0.3 is 14.2 Å². The topological polar surface area (TPSA) is 78.9 Å². The third kappa shape index (κ3) is 60.4. The van der Waals surface area contributed by atoms with Gasteiger partial charge >= 0.3 is 17.9 Å². The molecule has 0 saturated heterocycles. The summed E-state index contributed by atoms with van der Waals surface area (Å²) in [5.74, 6) is -0.892. The van der Waals surface area contributed by atoms with Crippen LogP contribution in [0.3, 0.4) is 0 Å². The van der Waals surface area contributed by atoms with Crippen LogP contribution < -0.4 is 0 Å². The molecule has 0 bridgehead atoms. The number of unbranched alkanes of at least 4 members (excludes halogenated alkanes) is 43. The van der Waals surface area contributed by atoms with Crippen LogP contribution in [0.25, 0.3) is 0 Å². The van der Waals surface area contributed by atoms with Gasteiger partial charge in [-0.15, -0.1) is 0 Å². The van der Waals surface area contributed by atoms with Crippen LogP contribution in [0, 0.1) is 0 Å². The molecule has 0 N–H and O–H groups in total. The molecule has 0 aromatic carbocycles. The minimum atomic E-state index is -0.783. The van der Waals surface area contributed by atoms with E-state index in [4.69, 9.17) is 14.2 Å². The second kappa shape index (κ2) is 62.2. The Kier molecular flexibility index (Phi) is 60.2. The minimum absolute atomic E-state index is 0.0795. The zero-order valence-corrected chi connectivity index (χ0v) is 49.2. The average Bonchev–Trinajstić information content (AvgIpc) is 3.39. The average molecular weight is 1030 g/mol. The first-order valence-corrected chi connectivity index (χ1v) is 32.5. The Bertz CT molecular complexity index is 1220. The summed E-state index contributed by atoms with van der Waals surface area (Å²) in [6.07, 6.45) is 76.3. The van der Waals surface area contributed by atoms with Crippen molar-refractivity contribution in [3.63, 3.8) is 0 Å². The molecule has 0 aromatic heterocycles. The summed E-state index contributed by atoms with van der Waals surface area (Å²) in [5.41, 5.74) is 0. The first kappa shape index (κ1) is 70.6. The number of rotatable bonds is 60. The van der Waals surface area contributed by atoms with Crippen molar-refractivity contribution in [1.29, 1.82) is 0 Å². The van der Waals surface area contributed by atoms with Gasteiger partial charge in [-0.25, -0.2) is 0 Å². The molecule has 0 fully saturated rings. The summed E-state index contributed by atoms with van der Waals surface area (Å²) < 4.78 is 16.8. The van der Waals surface area contributed by atoms with E-state index in [-0.39, 0.29) is 31.1 Å². The van der Waals surface area contributed by atoms with E-state index in [1.54, 1.807) is 0 Å². The number of hydrogen-bond acceptors (Lipinski definition) is 6. The van der Waals surface area contributed by atoms with Crippen molar-refractivity contribution in [2.45, 2.75) is 361 Å². The molecule has 0 saturated carbocycles. The van der Waals surface area contributed by atoms with Gasteiger partial charge in [0.25, 0.3) is 0 Å². The minimum Gasteiger partial charge on any atom is -0.462 e. The van der Waals surface area contributed by atoms with Crippen LogP contribution in [0.2, 0.25) is 0 Å². The largest absolute Gasteiger partial charge is 0.462 e. The second-order valence-electron chi connectivity index (χ2n) is 22.0. The highest BCUT2D eigenvalue weighted by Gasteiger charge is 2.19. The lowest BCUT2D eigenvalue weighted by Gasteiger charge is -2.18. The summed E-state index contributed by atoms with van der Waals surface area (Å²) in [4.78, 5) is 38.1. The number of esters is 3. The summed E-state index contributed by atoms with van der Waals surface area (Å²) in [7, 11) is 0. The maximum absolute atomic E-state index is 12.8. The highest BCUT2D eigenvalue weighted by molar-refractivity contribution is 5.71. The fourth-order valence-corrected chi connectivity index (χ4v) is 9.81. The van der Waals surface area contributed by atoms with E-state index in [1.807, 2.05) is 0 Å². The van der Waals surface area contributed by atoms with Crippen molar-refractivity contribution in [2.24, 2.45) is 0 Å². The number of carbonyl (C=O) groups excluding carboxylic acids is 3. The first-order chi connectivity index (χ1) is 36.0. The van der Waals surface area contributed by atoms with Gasteiger partial charge in [-0.05, 0) is 51.4 Å². The molecule has 0 heterocycles. The van der Waals surface area contributed by atoms with Crippen molar-refractivity contribution in [3.8, 4) is 0 Å². The molecule has 73 heavy (non-hydrogen) atoms. The highest BCUT2D eigenvalue weighted by Crippen LogP contribution is 2.18. The Labute approximate surface area is 455 Å². The van der Waals surface area contributed by atoms with Gasteiger partial charge in [-0.1, -0.05) is 320 Å². The molecule has 0 amide bonds. The van der Waals surface area contributed by atoms with E-state index in [0.717, 1.165) is 83.5 Å². The Morgan fingerprint density at radius 3 is 0.836 bits per heavy atom. The summed E-state index contributed by atoms with van der Waals surface area (Å²) >= 11 is 0. The Morgan fingerprint density at radius 1 is 0.288 bits per heavy atom. The zero-order chi connectivity index (χ0) is 52.9. The van der Waals surface area contributed by atoms with E-state index >= 15 is 0 Å². The van der Waals surface area contributed by atoms with E-state index in [2.05, 4.69) is 57.2 Å². The summed E-state index contributed by atoms with van der Waals surface area (Å²) in [5, 5.41) is 0. The molecular formula is C67H124O6. The quantitative estimate of drug-likeness (QED) is 0.0261. The smallest absolute Gasteiger partial charge is 0.306 e. The van der Waals surface area contributed by atoms with Crippen molar-refractivity contribution in [3.05, 3.63) is 36.5 Å². The molecule has 6 heteroatoms. The molecule has 0 spiro atoms. The lowest BCUT2D eigenvalue weighted by atomic mass is 10.0. The SMILES string of the molecule is CC/C=C\C/C=C\C/C=C\CCCCCC(=O)OC(COC(=O)CCCCCCCCCCCC)COC(=O)CCCCCCCCCCCCCCCCCCCCCCCCCCCCCCCCCC. The lowest BCUT2D eigenvalue weighted by molar-refractivity contribution is -0.167. The van der Waals surface area contributed by atoms with Crippen LogP contribution in [-0.2, 0) is 28.6 Å². The van der Waals surface area contributed by atoms with Crippen molar-refractivity contribution >= 4 is 17.9 Å². The van der Waals surface area contributed by atoms with Crippen LogP contribution in [0.1, 0.15) is 355 Å². The summed E-state index contributed by atoms with van der Waals surface area (Å²) in [6.45, 7) is 6.54. The molecule has 0 aliphatic heterocycles. The molecule has 428 valence electrons. The molecule has 1 atom stereocenters. The second-order valence-corrected chi connectivity index (χ2v) is 22.0. The highest BCUT2D eigenvalue weighted by atomic mass is 16.6. The van der Waals surface area contributed by atoms with Crippen LogP contribution >= 0.6 is 0 Å². The maximum Gasteiger partial charge on any atom is 0.306 e. The van der Waals surface area contributed by atoms with Gasteiger partial charge in [0.15, 0.2) is 6.10 Å². The van der Waals surface area contributed by atoms with Gasteiger partial charge in [0, 0.05) is 19.3 Å². The number of ether oxygens (including phenoxy) is 3. The monoisotopic (exact) mass is 1020 g/mol. The predicted molar refractivity (Wildman–Crippen MR) is 316 cm³/mol. The number of hydrogen-bond donors (Lipinski definition) is 0. The lowest BCUT2D eigenvalue weighted by Crippen LogP contribution is -2.30. The number of allylic oxidation sites excluding steroid dienone is 6. The van der Waals surface area contributed by atoms with Gasteiger partial charge in [-0.3, -0.25) is 14.4 Å². The van der Waals surface area contributed by atoms with E-state index in [0.29, 0.717) is 19.3 Å². The van der Waals surface area contributed by atoms with Crippen molar-refractivity contribution in [1.82, 2.24) is 0 Å². The third-order valence-electron chi connectivity index (χ3n) is 14.7. The normalized spacial score (nSPS) is 12.2. The zero-order valence-electron chi connectivity index (χ0n) is 49.2. The molecule has 0 aromatic rings. The fourth-order valence-electron chi connectivity index (χ4n) is 9.81. The van der Waals surface area contributed by atoms with E-state index in [9.17, 15) is 14.4 Å². The van der Waals surface area contributed by atoms with Crippen LogP contribution in [0.5, 0.6) is 0 Å². The van der Waals surface area contributed by atoms with Gasteiger partial charge in [0.1, 0.15) is 13.2 Å². The molecule has 0 aliphatic carbocycles. The fraction of sp³-hybridized carbons (Fsp3) is 0.866. The molecule has 6 nitrogen and oxygen atoms in total. The van der Waals surface area contributed by atoms with Gasteiger partial charge in [0.2, 0.25) is 0 Å². The van der Waals surface area contributed by atoms with Crippen LogP contribution in [0.4, 0.5) is 0 Å². The number of carbonyl (C=O) groups is 3. The first-order valence-electron chi connectivity index (χ1n) is 32.5. The van der Waals surface area contributed by atoms with E-state index < -0.39 is 6.10 Å². The van der Waals surface area contributed by atoms with E-state index in [1.165, 1.54) is 231 Å². The molecule has 0 rings (SSSR count). The maximum atomic E-state index is 12.8.